The fraction of sp³-hybridized carbons (Fsp3) is 0.316. The minimum atomic E-state index is -0.394. The van der Waals surface area contributed by atoms with Crippen LogP contribution in [0.3, 0.4) is 0 Å². The molecule has 0 fully saturated rings. The summed E-state index contributed by atoms with van der Waals surface area (Å²) in [4.78, 5) is 28.5. The third-order valence-corrected chi connectivity index (χ3v) is 5.08. The smallest absolute Gasteiger partial charge is 0.266 e. The highest BCUT2D eigenvalue weighted by Crippen LogP contribution is 2.23. The normalized spacial score (nSPS) is 10.5. The highest BCUT2D eigenvalue weighted by Gasteiger charge is 2.15. The van der Waals surface area contributed by atoms with Crippen molar-refractivity contribution < 1.29 is 4.79 Å². The Kier molecular flexibility index (Phi) is 6.47. The molecule has 0 saturated carbocycles. The van der Waals surface area contributed by atoms with Crippen molar-refractivity contribution in [3.63, 3.8) is 0 Å². The number of amides is 1. The molecule has 0 bridgehead atoms. The Labute approximate surface area is 162 Å². The molecular formula is C19H19Cl2N3O2. The predicted molar refractivity (Wildman–Crippen MR) is 103 cm³/mol. The predicted octanol–water partition coefficient (Wildman–Crippen LogP) is 3.76. The first-order valence-electron chi connectivity index (χ1n) is 8.05. The standard InChI is InChI=1S/C19H19Cl2N3O2/c1-11-14(12(2)23-19(26)15(11)9-22)5-7-18(25)24(3)10-13-4-6-16(20)17(21)8-13/h4,6,8H,5,7,10H2,1-3H3,(H,23,26). The van der Waals surface area contributed by atoms with Gasteiger partial charge in [-0.1, -0.05) is 29.3 Å². The fourth-order valence-corrected chi connectivity index (χ4v) is 3.16. The molecule has 0 saturated heterocycles. The SMILES string of the molecule is Cc1[nH]c(=O)c(C#N)c(C)c1CCC(=O)N(C)Cc1ccc(Cl)c(Cl)c1. The zero-order chi connectivity index (χ0) is 19.4. The van der Waals surface area contributed by atoms with Crippen LogP contribution in [0, 0.1) is 25.2 Å². The lowest BCUT2D eigenvalue weighted by Gasteiger charge is -2.18. The molecular weight excluding hydrogens is 373 g/mol. The van der Waals surface area contributed by atoms with Crippen LogP contribution in [-0.2, 0) is 17.8 Å². The second-order valence-electron chi connectivity index (χ2n) is 6.17. The van der Waals surface area contributed by atoms with E-state index in [9.17, 15) is 9.59 Å². The van der Waals surface area contributed by atoms with Gasteiger partial charge in [0.25, 0.3) is 5.56 Å². The molecule has 0 aliphatic rings. The zero-order valence-corrected chi connectivity index (χ0v) is 16.3. The number of pyridine rings is 1. The summed E-state index contributed by atoms with van der Waals surface area (Å²) in [6.07, 6.45) is 0.726. The lowest BCUT2D eigenvalue weighted by molar-refractivity contribution is -0.130. The number of benzene rings is 1. The van der Waals surface area contributed by atoms with Gasteiger partial charge in [0.15, 0.2) is 0 Å². The highest BCUT2D eigenvalue weighted by molar-refractivity contribution is 6.42. The average Bonchev–Trinajstić information content (AvgIpc) is 2.57. The Morgan fingerprint density at radius 1 is 1.27 bits per heavy atom. The lowest BCUT2D eigenvalue weighted by atomic mass is 9.99. The van der Waals surface area contributed by atoms with Crippen LogP contribution in [0.25, 0.3) is 0 Å². The van der Waals surface area contributed by atoms with Crippen molar-refractivity contribution in [1.82, 2.24) is 9.88 Å². The summed E-state index contributed by atoms with van der Waals surface area (Å²) < 4.78 is 0. The van der Waals surface area contributed by atoms with Gasteiger partial charge < -0.3 is 9.88 Å². The number of nitriles is 1. The van der Waals surface area contributed by atoms with Crippen LogP contribution >= 0.6 is 23.2 Å². The summed E-state index contributed by atoms with van der Waals surface area (Å²) in [6, 6.07) is 7.19. The summed E-state index contributed by atoms with van der Waals surface area (Å²) in [5, 5.41) is 10.0. The van der Waals surface area contributed by atoms with Crippen molar-refractivity contribution in [2.24, 2.45) is 0 Å². The fourth-order valence-electron chi connectivity index (χ4n) is 2.84. The van der Waals surface area contributed by atoms with E-state index in [1.54, 1.807) is 37.9 Å². The molecule has 1 amide bonds. The maximum absolute atomic E-state index is 12.4. The van der Waals surface area contributed by atoms with Crippen LogP contribution in [0.15, 0.2) is 23.0 Å². The number of aromatic nitrogens is 1. The van der Waals surface area contributed by atoms with Gasteiger partial charge in [-0.25, -0.2) is 0 Å². The van der Waals surface area contributed by atoms with Gasteiger partial charge in [-0.05, 0) is 49.1 Å². The first-order valence-corrected chi connectivity index (χ1v) is 8.80. The molecule has 2 aromatic rings. The Morgan fingerprint density at radius 3 is 2.58 bits per heavy atom. The Hall–Kier alpha value is -2.29. The second-order valence-corrected chi connectivity index (χ2v) is 6.98. The molecule has 2 rings (SSSR count). The summed E-state index contributed by atoms with van der Waals surface area (Å²) in [7, 11) is 1.72. The maximum atomic E-state index is 12.4. The van der Waals surface area contributed by atoms with E-state index in [1.165, 1.54) is 0 Å². The quantitative estimate of drug-likeness (QED) is 0.842. The van der Waals surface area contributed by atoms with E-state index in [1.807, 2.05) is 12.1 Å². The molecule has 1 N–H and O–H groups in total. The highest BCUT2D eigenvalue weighted by atomic mass is 35.5. The topological polar surface area (TPSA) is 77.0 Å². The molecule has 1 heterocycles. The van der Waals surface area contributed by atoms with Crippen LogP contribution < -0.4 is 5.56 Å². The Morgan fingerprint density at radius 2 is 1.96 bits per heavy atom. The second kappa shape index (κ2) is 8.39. The van der Waals surface area contributed by atoms with Crippen molar-refractivity contribution in [3.8, 4) is 6.07 Å². The lowest BCUT2D eigenvalue weighted by Crippen LogP contribution is -2.27. The van der Waals surface area contributed by atoms with Crippen molar-refractivity contribution >= 4 is 29.1 Å². The van der Waals surface area contributed by atoms with Crippen LogP contribution in [0.1, 0.15) is 34.4 Å². The number of rotatable bonds is 5. The first kappa shape index (κ1) is 20.0. The van der Waals surface area contributed by atoms with Gasteiger partial charge in [0.1, 0.15) is 11.6 Å². The first-order chi connectivity index (χ1) is 12.2. The Bertz CT molecular complexity index is 945. The number of H-pyrrole nitrogens is 1. The number of hydrogen-bond acceptors (Lipinski definition) is 3. The molecule has 0 spiro atoms. The summed E-state index contributed by atoms with van der Waals surface area (Å²) in [5.74, 6) is -0.0421. The number of nitrogens with one attached hydrogen (secondary N) is 1. The molecule has 1 aromatic heterocycles. The number of nitrogens with zero attached hydrogens (tertiary/aromatic N) is 2. The summed E-state index contributed by atoms with van der Waals surface area (Å²) >= 11 is 11.9. The minimum absolute atomic E-state index is 0.0421. The van der Waals surface area contributed by atoms with Crippen molar-refractivity contribution in [1.29, 1.82) is 5.26 Å². The van der Waals surface area contributed by atoms with Gasteiger partial charge in [-0.2, -0.15) is 5.26 Å². The monoisotopic (exact) mass is 391 g/mol. The number of aromatic amines is 1. The molecule has 1 aromatic carbocycles. The van der Waals surface area contributed by atoms with E-state index < -0.39 is 5.56 Å². The van der Waals surface area contributed by atoms with E-state index in [4.69, 9.17) is 28.5 Å². The van der Waals surface area contributed by atoms with E-state index >= 15 is 0 Å². The number of halogens is 2. The number of carbonyl (C=O) groups excluding carboxylic acids is 1. The molecule has 0 radical (unpaired) electrons. The van der Waals surface area contributed by atoms with Crippen molar-refractivity contribution in [3.05, 3.63) is 66.5 Å². The van der Waals surface area contributed by atoms with Gasteiger partial charge in [-0.15, -0.1) is 0 Å². The number of carbonyl (C=O) groups is 1. The van der Waals surface area contributed by atoms with Gasteiger partial charge in [-0.3, -0.25) is 9.59 Å². The van der Waals surface area contributed by atoms with Crippen LogP contribution in [-0.4, -0.2) is 22.8 Å². The molecule has 0 aliphatic heterocycles. The molecule has 5 nitrogen and oxygen atoms in total. The van der Waals surface area contributed by atoms with Gasteiger partial charge in [0.2, 0.25) is 5.91 Å². The van der Waals surface area contributed by atoms with Crippen LogP contribution in [0.2, 0.25) is 10.0 Å². The number of aryl methyl sites for hydroxylation is 1. The van der Waals surface area contributed by atoms with E-state index in [2.05, 4.69) is 4.98 Å². The largest absolute Gasteiger partial charge is 0.341 e. The van der Waals surface area contributed by atoms with Crippen LogP contribution in [0.5, 0.6) is 0 Å². The maximum Gasteiger partial charge on any atom is 0.266 e. The molecule has 26 heavy (non-hydrogen) atoms. The van der Waals surface area contributed by atoms with Gasteiger partial charge in [0.05, 0.1) is 10.0 Å². The van der Waals surface area contributed by atoms with E-state index in [0.29, 0.717) is 34.3 Å². The van der Waals surface area contributed by atoms with Gasteiger partial charge in [0, 0.05) is 25.7 Å². The summed E-state index contributed by atoms with van der Waals surface area (Å²) in [5.41, 5.74) is 2.74. The number of hydrogen-bond donors (Lipinski definition) is 1. The van der Waals surface area contributed by atoms with Crippen molar-refractivity contribution in [2.45, 2.75) is 33.2 Å². The van der Waals surface area contributed by atoms with Crippen molar-refractivity contribution in [2.75, 3.05) is 7.05 Å². The van der Waals surface area contributed by atoms with Crippen LogP contribution in [0.4, 0.5) is 0 Å². The van der Waals surface area contributed by atoms with E-state index in [-0.39, 0.29) is 17.9 Å². The summed E-state index contributed by atoms with van der Waals surface area (Å²) in [6.45, 7) is 3.93. The zero-order valence-electron chi connectivity index (χ0n) is 14.8. The third-order valence-electron chi connectivity index (χ3n) is 4.34. The Balaban J connectivity index is 2.08. The molecule has 0 aliphatic carbocycles. The van der Waals surface area contributed by atoms with E-state index in [0.717, 1.165) is 11.1 Å². The molecule has 7 heteroatoms. The average molecular weight is 392 g/mol. The molecule has 0 atom stereocenters. The minimum Gasteiger partial charge on any atom is -0.341 e. The molecule has 0 unspecified atom stereocenters. The molecule has 136 valence electrons. The third kappa shape index (κ3) is 4.46. The van der Waals surface area contributed by atoms with Gasteiger partial charge >= 0.3 is 0 Å².